The number of carbonyl (C=O) groups excluding carboxylic acids is 2. The number of hydrogen-bond acceptors (Lipinski definition) is 4. The van der Waals surface area contributed by atoms with E-state index in [9.17, 15) is 14.7 Å². The molecule has 1 atom stereocenters. The number of methoxy groups -OCH3 is 1. The van der Waals surface area contributed by atoms with Crippen molar-refractivity contribution in [3.8, 4) is 0 Å². The molecule has 0 amide bonds. The van der Waals surface area contributed by atoms with Crippen LogP contribution in [0.1, 0.15) is 47.0 Å². The van der Waals surface area contributed by atoms with Crippen LogP contribution in [-0.2, 0) is 14.3 Å². The lowest BCUT2D eigenvalue weighted by Gasteiger charge is -2.28. The Labute approximate surface area is 103 Å². The van der Waals surface area contributed by atoms with E-state index in [1.165, 1.54) is 7.11 Å². The summed E-state index contributed by atoms with van der Waals surface area (Å²) in [6.07, 6.45) is 0.746. The van der Waals surface area contributed by atoms with Gasteiger partial charge >= 0.3 is 5.97 Å². The van der Waals surface area contributed by atoms with Crippen molar-refractivity contribution < 1.29 is 19.4 Å². The van der Waals surface area contributed by atoms with Crippen molar-refractivity contribution in [1.29, 1.82) is 0 Å². The predicted molar refractivity (Wildman–Crippen MR) is 65.5 cm³/mol. The third kappa shape index (κ3) is 5.31. The van der Waals surface area contributed by atoms with Gasteiger partial charge in [0.25, 0.3) is 0 Å². The average molecular weight is 244 g/mol. The highest BCUT2D eigenvalue weighted by Crippen LogP contribution is 2.25. The monoisotopic (exact) mass is 244 g/mol. The van der Waals surface area contributed by atoms with E-state index >= 15 is 0 Å². The summed E-state index contributed by atoms with van der Waals surface area (Å²) in [6.45, 7) is 7.47. The minimum absolute atomic E-state index is 0.257. The van der Waals surface area contributed by atoms with Crippen LogP contribution in [0.3, 0.4) is 0 Å². The summed E-state index contributed by atoms with van der Waals surface area (Å²) >= 11 is 0. The lowest BCUT2D eigenvalue weighted by Crippen LogP contribution is -2.43. The molecule has 0 radical (unpaired) electrons. The van der Waals surface area contributed by atoms with Gasteiger partial charge in [-0.05, 0) is 18.8 Å². The third-order valence-corrected chi connectivity index (χ3v) is 2.78. The van der Waals surface area contributed by atoms with Crippen LogP contribution in [0.5, 0.6) is 0 Å². The zero-order chi connectivity index (χ0) is 13.6. The van der Waals surface area contributed by atoms with Crippen LogP contribution < -0.4 is 0 Å². The molecule has 100 valence electrons. The van der Waals surface area contributed by atoms with Crippen molar-refractivity contribution >= 4 is 11.8 Å². The summed E-state index contributed by atoms with van der Waals surface area (Å²) in [4.78, 5) is 23.2. The van der Waals surface area contributed by atoms with E-state index < -0.39 is 11.6 Å². The van der Waals surface area contributed by atoms with E-state index in [1.54, 1.807) is 13.8 Å². The highest BCUT2D eigenvalue weighted by atomic mass is 16.5. The van der Waals surface area contributed by atoms with Gasteiger partial charge in [-0.2, -0.15) is 0 Å². The quantitative estimate of drug-likeness (QED) is 0.695. The van der Waals surface area contributed by atoms with Crippen molar-refractivity contribution in [3.05, 3.63) is 0 Å². The second kappa shape index (κ2) is 6.74. The molecule has 0 fully saturated rings. The first kappa shape index (κ1) is 16.1. The number of rotatable bonds is 7. The van der Waals surface area contributed by atoms with Gasteiger partial charge in [0.15, 0.2) is 5.78 Å². The molecule has 0 bridgehead atoms. The number of hydrogen-bond donors (Lipinski definition) is 1. The van der Waals surface area contributed by atoms with Gasteiger partial charge in [-0.25, -0.2) is 0 Å². The zero-order valence-corrected chi connectivity index (χ0v) is 11.4. The Morgan fingerprint density at radius 1 is 1.24 bits per heavy atom. The Kier molecular flexibility index (Phi) is 6.39. The van der Waals surface area contributed by atoms with Crippen molar-refractivity contribution in [3.63, 3.8) is 0 Å². The van der Waals surface area contributed by atoms with Crippen LogP contribution in [0.15, 0.2) is 0 Å². The molecule has 0 saturated carbocycles. The van der Waals surface area contributed by atoms with E-state index in [1.807, 2.05) is 13.8 Å². The summed E-state index contributed by atoms with van der Waals surface area (Å²) in [5.41, 5.74) is -1.58. The van der Waals surface area contributed by atoms with Crippen LogP contribution in [0.4, 0.5) is 0 Å². The molecule has 4 heteroatoms. The van der Waals surface area contributed by atoms with Crippen LogP contribution >= 0.6 is 0 Å². The largest absolute Gasteiger partial charge is 0.469 e. The van der Waals surface area contributed by atoms with Crippen LogP contribution in [0, 0.1) is 11.8 Å². The fourth-order valence-corrected chi connectivity index (χ4v) is 1.67. The standard InChI is InChI=1S/C13H24O4/c1-9(2)6-7-13(16,8-11(14)17-5)12(15)10(3)4/h9-10,16H,6-8H2,1-5H3/t13-/m1/s1. The molecule has 0 saturated heterocycles. The first-order valence-electron chi connectivity index (χ1n) is 6.06. The maximum atomic E-state index is 12.0. The molecular formula is C13H24O4. The molecule has 1 N–H and O–H groups in total. The summed E-state index contributed by atoms with van der Waals surface area (Å²) < 4.78 is 4.53. The second-order valence-corrected chi connectivity index (χ2v) is 5.24. The molecule has 0 rings (SSSR count). The Morgan fingerprint density at radius 3 is 2.12 bits per heavy atom. The minimum atomic E-state index is -1.58. The maximum Gasteiger partial charge on any atom is 0.308 e. The van der Waals surface area contributed by atoms with Gasteiger partial charge in [0.1, 0.15) is 5.60 Å². The van der Waals surface area contributed by atoms with Gasteiger partial charge in [-0.1, -0.05) is 27.7 Å². The molecule has 0 aliphatic heterocycles. The van der Waals surface area contributed by atoms with Gasteiger partial charge in [0, 0.05) is 5.92 Å². The zero-order valence-electron chi connectivity index (χ0n) is 11.4. The van der Waals surface area contributed by atoms with Crippen molar-refractivity contribution in [2.24, 2.45) is 11.8 Å². The van der Waals surface area contributed by atoms with Crippen LogP contribution in [0.2, 0.25) is 0 Å². The summed E-state index contributed by atoms with van der Waals surface area (Å²) in [5, 5.41) is 10.4. The summed E-state index contributed by atoms with van der Waals surface area (Å²) in [7, 11) is 1.26. The van der Waals surface area contributed by atoms with Gasteiger partial charge in [0.05, 0.1) is 13.5 Å². The Balaban J connectivity index is 4.80. The number of esters is 1. The topological polar surface area (TPSA) is 63.6 Å². The van der Waals surface area contributed by atoms with E-state index in [2.05, 4.69) is 4.74 Å². The van der Waals surface area contributed by atoms with Crippen molar-refractivity contribution in [1.82, 2.24) is 0 Å². The lowest BCUT2D eigenvalue weighted by atomic mass is 9.82. The molecule has 0 aromatic carbocycles. The van der Waals surface area contributed by atoms with E-state index in [0.717, 1.165) is 0 Å². The van der Waals surface area contributed by atoms with Gasteiger partial charge in [-0.15, -0.1) is 0 Å². The van der Waals surface area contributed by atoms with E-state index in [4.69, 9.17) is 0 Å². The molecule has 0 aliphatic rings. The smallest absolute Gasteiger partial charge is 0.308 e. The normalized spacial score (nSPS) is 14.8. The van der Waals surface area contributed by atoms with E-state index in [-0.39, 0.29) is 18.1 Å². The van der Waals surface area contributed by atoms with Gasteiger partial charge in [0.2, 0.25) is 0 Å². The average Bonchev–Trinajstić information content (AvgIpc) is 2.25. The van der Waals surface area contributed by atoms with Crippen LogP contribution in [0.25, 0.3) is 0 Å². The summed E-state index contributed by atoms with van der Waals surface area (Å²) in [6, 6.07) is 0. The highest BCUT2D eigenvalue weighted by molar-refractivity contribution is 5.92. The molecule has 0 aromatic rings. The Bertz CT molecular complexity index is 271. The van der Waals surface area contributed by atoms with Crippen molar-refractivity contribution in [2.75, 3.05) is 7.11 Å². The second-order valence-electron chi connectivity index (χ2n) is 5.24. The highest BCUT2D eigenvalue weighted by Gasteiger charge is 2.39. The van der Waals surface area contributed by atoms with Gasteiger partial charge < -0.3 is 9.84 Å². The fraction of sp³-hybridized carbons (Fsp3) is 0.846. The fourth-order valence-electron chi connectivity index (χ4n) is 1.67. The van der Waals surface area contributed by atoms with Gasteiger partial charge in [-0.3, -0.25) is 9.59 Å². The summed E-state index contributed by atoms with van der Waals surface area (Å²) in [5.74, 6) is -0.759. The molecule has 0 heterocycles. The number of aliphatic hydroxyl groups is 1. The SMILES string of the molecule is COC(=O)C[C@](O)(CCC(C)C)C(=O)C(C)C. The first-order chi connectivity index (χ1) is 7.73. The number of Topliss-reactive ketones (excluding diaryl/α,β-unsaturated/α-hetero) is 1. The predicted octanol–water partition coefficient (Wildman–Crippen LogP) is 1.94. The molecule has 0 unspecified atom stereocenters. The lowest BCUT2D eigenvalue weighted by molar-refractivity contribution is -0.155. The Morgan fingerprint density at radius 2 is 1.76 bits per heavy atom. The third-order valence-electron chi connectivity index (χ3n) is 2.78. The van der Waals surface area contributed by atoms with Crippen molar-refractivity contribution in [2.45, 2.75) is 52.6 Å². The molecule has 0 aromatic heterocycles. The number of ketones is 1. The maximum absolute atomic E-state index is 12.0. The first-order valence-corrected chi connectivity index (χ1v) is 6.06. The molecule has 0 spiro atoms. The van der Waals surface area contributed by atoms with Crippen LogP contribution in [-0.4, -0.2) is 29.6 Å². The Hall–Kier alpha value is -0.900. The number of carbonyl (C=O) groups is 2. The van der Waals surface area contributed by atoms with E-state index in [0.29, 0.717) is 18.8 Å². The molecule has 17 heavy (non-hydrogen) atoms. The minimum Gasteiger partial charge on any atom is -0.469 e. The molecular weight excluding hydrogens is 220 g/mol. The number of ether oxygens (including phenoxy) is 1. The molecule has 4 nitrogen and oxygen atoms in total. The molecule has 0 aliphatic carbocycles.